The van der Waals surface area contributed by atoms with Crippen molar-refractivity contribution in [3.8, 4) is 11.8 Å². The molecule has 0 spiro atoms. The number of Topliss-reactive ketones (excluding diaryl/α,β-unsaturated/α-hetero) is 1. The van der Waals surface area contributed by atoms with Gasteiger partial charge in [-0.05, 0) is 62.4 Å². The van der Waals surface area contributed by atoms with Crippen LogP contribution in [0.1, 0.15) is 50.3 Å². The molecule has 1 saturated heterocycles. The lowest BCUT2D eigenvalue weighted by molar-refractivity contribution is -0.127. The number of sulfonamides is 1. The third kappa shape index (κ3) is 4.50. The Balaban J connectivity index is 1.67. The number of rotatable bonds is 5. The van der Waals surface area contributed by atoms with Crippen molar-refractivity contribution in [1.82, 2.24) is 4.31 Å². The molecule has 2 aromatic rings. The summed E-state index contributed by atoms with van der Waals surface area (Å²) >= 11 is 0. The molecule has 174 valence electrons. The predicted molar refractivity (Wildman–Crippen MR) is 128 cm³/mol. The average Bonchev–Trinajstić information content (AvgIpc) is 3.31. The van der Waals surface area contributed by atoms with E-state index >= 15 is 0 Å². The standard InChI is InChI=1S/C27H31NO4S/c1-20-11-13-23(14-12-20)33(30,31)28(15-7-10-22-9-6-8-21(2)16-22)19-27-24(29)17-25(3,4)18-26(27,5)32-27/h6,8-9,11-14,16H,15,17-19H2,1-5H3. The maximum absolute atomic E-state index is 13.6. The lowest BCUT2D eigenvalue weighted by Gasteiger charge is -2.35. The van der Waals surface area contributed by atoms with E-state index in [1.807, 2.05) is 45.0 Å². The quantitative estimate of drug-likeness (QED) is 0.489. The van der Waals surface area contributed by atoms with Crippen LogP contribution in [0, 0.1) is 31.1 Å². The molecule has 0 amide bonds. The smallest absolute Gasteiger partial charge is 0.244 e. The Morgan fingerprint density at radius 2 is 1.73 bits per heavy atom. The maximum Gasteiger partial charge on any atom is 0.244 e. The van der Waals surface area contributed by atoms with E-state index in [9.17, 15) is 13.2 Å². The minimum atomic E-state index is -3.87. The van der Waals surface area contributed by atoms with E-state index in [0.29, 0.717) is 12.8 Å². The van der Waals surface area contributed by atoms with Gasteiger partial charge in [-0.3, -0.25) is 4.79 Å². The minimum Gasteiger partial charge on any atom is -0.353 e. The van der Waals surface area contributed by atoms with Crippen LogP contribution in [0.3, 0.4) is 0 Å². The van der Waals surface area contributed by atoms with E-state index in [4.69, 9.17) is 4.74 Å². The number of carbonyl (C=O) groups is 1. The summed E-state index contributed by atoms with van der Waals surface area (Å²) < 4.78 is 34.6. The van der Waals surface area contributed by atoms with Gasteiger partial charge in [-0.2, -0.15) is 4.31 Å². The van der Waals surface area contributed by atoms with Gasteiger partial charge in [0.05, 0.1) is 18.0 Å². The number of ether oxygens (including phenoxy) is 1. The van der Waals surface area contributed by atoms with Crippen LogP contribution < -0.4 is 0 Å². The fourth-order valence-electron chi connectivity index (χ4n) is 5.02. The molecule has 0 N–H and O–H groups in total. The van der Waals surface area contributed by atoms with Gasteiger partial charge < -0.3 is 4.74 Å². The first-order valence-electron chi connectivity index (χ1n) is 11.2. The Bertz CT molecular complexity index is 1250. The number of epoxide rings is 1. The van der Waals surface area contributed by atoms with Crippen LogP contribution in [0.5, 0.6) is 0 Å². The predicted octanol–water partition coefficient (Wildman–Crippen LogP) is 4.26. The number of hydrogen-bond donors (Lipinski definition) is 0. The normalized spacial score (nSPS) is 25.8. The Morgan fingerprint density at radius 1 is 1.03 bits per heavy atom. The molecule has 2 aliphatic rings. The Kier molecular flexibility index (Phi) is 5.81. The molecular weight excluding hydrogens is 434 g/mol. The number of carbonyl (C=O) groups excluding carboxylic acids is 1. The Labute approximate surface area is 197 Å². The van der Waals surface area contributed by atoms with Gasteiger partial charge in [0.15, 0.2) is 11.4 Å². The molecule has 1 saturated carbocycles. The van der Waals surface area contributed by atoms with Crippen molar-refractivity contribution < 1.29 is 17.9 Å². The molecule has 0 radical (unpaired) electrons. The van der Waals surface area contributed by atoms with Gasteiger partial charge in [0, 0.05) is 12.0 Å². The second-order valence-electron chi connectivity index (χ2n) is 10.4. The van der Waals surface area contributed by atoms with Crippen LogP contribution in [0.4, 0.5) is 0 Å². The average molecular weight is 466 g/mol. The summed E-state index contributed by atoms with van der Waals surface area (Å²) in [5.41, 5.74) is 0.951. The molecule has 2 aromatic carbocycles. The molecular formula is C27H31NO4S. The highest BCUT2D eigenvalue weighted by Crippen LogP contribution is 2.60. The molecule has 4 rings (SSSR count). The number of benzene rings is 2. The molecule has 5 nitrogen and oxygen atoms in total. The first kappa shape index (κ1) is 23.7. The number of hydrogen-bond acceptors (Lipinski definition) is 4. The maximum atomic E-state index is 13.6. The van der Waals surface area contributed by atoms with Crippen LogP contribution in [0.25, 0.3) is 0 Å². The SMILES string of the molecule is Cc1ccc(S(=O)(=O)N(CC#Cc2cccc(C)c2)CC23OC2(C)CC(C)(C)CC3=O)cc1. The van der Waals surface area contributed by atoms with Crippen LogP contribution in [-0.4, -0.2) is 42.8 Å². The zero-order valence-electron chi connectivity index (χ0n) is 19.9. The highest BCUT2D eigenvalue weighted by molar-refractivity contribution is 7.89. The molecule has 1 aliphatic heterocycles. The Morgan fingerprint density at radius 3 is 2.36 bits per heavy atom. The van der Waals surface area contributed by atoms with Crippen molar-refractivity contribution in [3.63, 3.8) is 0 Å². The van der Waals surface area contributed by atoms with Crippen LogP contribution in [-0.2, 0) is 19.6 Å². The molecule has 6 heteroatoms. The summed E-state index contributed by atoms with van der Waals surface area (Å²) in [6.07, 6.45) is 1.08. The second-order valence-corrected chi connectivity index (χ2v) is 12.3. The minimum absolute atomic E-state index is 0.0258. The third-order valence-corrected chi connectivity index (χ3v) is 8.49. The highest BCUT2D eigenvalue weighted by Gasteiger charge is 2.75. The van der Waals surface area contributed by atoms with Crippen molar-refractivity contribution in [2.75, 3.05) is 13.1 Å². The van der Waals surface area contributed by atoms with Gasteiger partial charge in [-0.15, -0.1) is 0 Å². The van der Waals surface area contributed by atoms with E-state index in [-0.39, 0.29) is 29.2 Å². The topological polar surface area (TPSA) is 67.0 Å². The summed E-state index contributed by atoms with van der Waals surface area (Å²) in [4.78, 5) is 13.4. The van der Waals surface area contributed by atoms with Gasteiger partial charge in [0.2, 0.25) is 10.0 Å². The van der Waals surface area contributed by atoms with Crippen molar-refractivity contribution in [1.29, 1.82) is 0 Å². The summed E-state index contributed by atoms with van der Waals surface area (Å²) in [6.45, 7) is 9.86. The van der Waals surface area contributed by atoms with E-state index in [1.165, 1.54) is 4.31 Å². The van der Waals surface area contributed by atoms with Crippen molar-refractivity contribution in [3.05, 3.63) is 65.2 Å². The largest absolute Gasteiger partial charge is 0.353 e. The van der Waals surface area contributed by atoms with Gasteiger partial charge in [0.1, 0.15) is 5.60 Å². The number of nitrogens with zero attached hydrogens (tertiary/aromatic N) is 1. The Hall–Kier alpha value is -2.46. The number of ketones is 1. The first-order valence-corrected chi connectivity index (χ1v) is 12.7. The molecule has 1 aliphatic carbocycles. The third-order valence-electron chi connectivity index (χ3n) is 6.68. The molecule has 2 fully saturated rings. The summed E-state index contributed by atoms with van der Waals surface area (Å²) in [5.74, 6) is 6.05. The monoisotopic (exact) mass is 465 g/mol. The fourth-order valence-corrected chi connectivity index (χ4v) is 6.38. The van der Waals surface area contributed by atoms with Crippen LogP contribution in [0.2, 0.25) is 0 Å². The zero-order valence-corrected chi connectivity index (χ0v) is 20.8. The van der Waals surface area contributed by atoms with Gasteiger partial charge >= 0.3 is 0 Å². The van der Waals surface area contributed by atoms with Crippen molar-refractivity contribution in [2.24, 2.45) is 5.41 Å². The molecule has 0 bridgehead atoms. The number of fused-ring (bicyclic) bond motifs is 1. The van der Waals surface area contributed by atoms with Gasteiger partial charge in [-0.25, -0.2) is 8.42 Å². The van der Waals surface area contributed by atoms with Crippen LogP contribution in [0.15, 0.2) is 53.4 Å². The zero-order chi connectivity index (χ0) is 24.1. The van der Waals surface area contributed by atoms with E-state index in [2.05, 4.69) is 25.7 Å². The van der Waals surface area contributed by atoms with Crippen LogP contribution >= 0.6 is 0 Å². The van der Waals surface area contributed by atoms with E-state index in [1.54, 1.807) is 24.3 Å². The lowest BCUT2D eigenvalue weighted by Crippen LogP contribution is -2.51. The molecule has 0 aromatic heterocycles. The fraction of sp³-hybridized carbons (Fsp3) is 0.444. The van der Waals surface area contributed by atoms with E-state index in [0.717, 1.165) is 16.7 Å². The molecule has 2 unspecified atom stereocenters. The molecule has 1 heterocycles. The summed E-state index contributed by atoms with van der Waals surface area (Å²) in [5, 5.41) is 0. The molecule has 2 atom stereocenters. The summed E-state index contributed by atoms with van der Waals surface area (Å²) in [6, 6.07) is 14.5. The summed E-state index contributed by atoms with van der Waals surface area (Å²) in [7, 11) is -3.87. The van der Waals surface area contributed by atoms with Gasteiger partial charge in [-0.1, -0.05) is 55.5 Å². The second kappa shape index (κ2) is 8.09. The lowest BCUT2D eigenvalue weighted by atomic mass is 9.67. The van der Waals surface area contributed by atoms with Gasteiger partial charge in [0.25, 0.3) is 0 Å². The highest BCUT2D eigenvalue weighted by atomic mass is 32.2. The first-order chi connectivity index (χ1) is 15.4. The van der Waals surface area contributed by atoms with E-state index < -0.39 is 21.2 Å². The molecule has 33 heavy (non-hydrogen) atoms. The number of aryl methyl sites for hydroxylation is 2. The van der Waals surface area contributed by atoms with Crippen molar-refractivity contribution in [2.45, 2.75) is 63.6 Å². The van der Waals surface area contributed by atoms with Crippen molar-refractivity contribution >= 4 is 15.8 Å².